The van der Waals surface area contributed by atoms with Crippen molar-refractivity contribution in [2.24, 2.45) is 0 Å². The lowest BCUT2D eigenvalue weighted by Crippen LogP contribution is -1.78. The van der Waals surface area contributed by atoms with Crippen LogP contribution in [-0.2, 0) is 0 Å². The summed E-state index contributed by atoms with van der Waals surface area (Å²) in [5.41, 5.74) is 3.93. The van der Waals surface area contributed by atoms with Crippen LogP contribution in [0.5, 0.6) is 0 Å². The highest BCUT2D eigenvalue weighted by Crippen LogP contribution is 2.34. The van der Waals surface area contributed by atoms with Crippen molar-refractivity contribution < 1.29 is 0 Å². The lowest BCUT2D eigenvalue weighted by molar-refractivity contribution is 1.60. The Morgan fingerprint density at radius 1 is 0.947 bits per heavy atom. The van der Waals surface area contributed by atoms with Crippen LogP contribution in [0.2, 0.25) is 0 Å². The van der Waals surface area contributed by atoms with Crippen molar-refractivity contribution in [1.82, 2.24) is 0 Å². The van der Waals surface area contributed by atoms with Crippen molar-refractivity contribution in [2.75, 3.05) is 0 Å². The van der Waals surface area contributed by atoms with Gasteiger partial charge in [-0.1, -0.05) is 48.6 Å². The van der Waals surface area contributed by atoms with E-state index in [1.165, 1.54) is 31.7 Å². The van der Waals surface area contributed by atoms with Crippen LogP contribution in [0, 0.1) is 6.92 Å². The van der Waals surface area contributed by atoms with Gasteiger partial charge >= 0.3 is 0 Å². The van der Waals surface area contributed by atoms with Crippen molar-refractivity contribution in [3.63, 3.8) is 0 Å². The molecule has 0 saturated carbocycles. The monoisotopic (exact) mass is 264 g/mol. The van der Waals surface area contributed by atoms with E-state index in [-0.39, 0.29) is 0 Å². The topological polar surface area (TPSA) is 0 Å². The average molecular weight is 264 g/mol. The largest absolute Gasteiger partial charge is 0.140 e. The Morgan fingerprint density at radius 2 is 1.74 bits per heavy atom. The van der Waals surface area contributed by atoms with E-state index in [2.05, 4.69) is 74.5 Å². The maximum Gasteiger partial charge on any atom is 0.0352 e. The molecule has 0 amide bonds. The lowest BCUT2D eigenvalue weighted by Gasteiger charge is -2.02. The molecule has 0 atom stereocenters. The first-order valence-corrected chi connectivity index (χ1v) is 7.32. The first-order chi connectivity index (χ1) is 9.29. The summed E-state index contributed by atoms with van der Waals surface area (Å²) in [4.78, 5) is 1.39. The predicted octanol–water partition coefficient (Wildman–Crippen LogP) is 5.91. The van der Waals surface area contributed by atoms with Gasteiger partial charge in [0.05, 0.1) is 0 Å². The Hall–Kier alpha value is -1.86. The molecule has 19 heavy (non-hydrogen) atoms. The van der Waals surface area contributed by atoms with Crippen LogP contribution in [-0.4, -0.2) is 0 Å². The number of fused-ring (bicyclic) bond motifs is 1. The summed E-state index contributed by atoms with van der Waals surface area (Å²) < 4.78 is 1.37. The van der Waals surface area contributed by atoms with Crippen molar-refractivity contribution in [1.29, 1.82) is 0 Å². The second kappa shape index (κ2) is 5.02. The molecule has 0 bridgehead atoms. The van der Waals surface area contributed by atoms with Crippen LogP contribution in [0.1, 0.15) is 17.4 Å². The molecular formula is C18H16S. The van der Waals surface area contributed by atoms with Gasteiger partial charge in [0, 0.05) is 15.0 Å². The van der Waals surface area contributed by atoms with Crippen molar-refractivity contribution >= 4 is 27.5 Å². The second-order valence-corrected chi connectivity index (χ2v) is 5.91. The molecule has 2 aromatic carbocycles. The van der Waals surface area contributed by atoms with E-state index in [0.29, 0.717) is 0 Å². The molecule has 0 N–H and O–H groups in total. The molecule has 3 aromatic rings. The molecule has 0 radical (unpaired) electrons. The summed E-state index contributed by atoms with van der Waals surface area (Å²) in [6.07, 6.45) is 4.33. The van der Waals surface area contributed by atoms with Gasteiger partial charge < -0.3 is 0 Å². The summed E-state index contributed by atoms with van der Waals surface area (Å²) in [5, 5.41) is 1.36. The molecule has 1 heteroatoms. The molecule has 1 aromatic heterocycles. The van der Waals surface area contributed by atoms with E-state index < -0.39 is 0 Å². The molecule has 0 aliphatic carbocycles. The van der Waals surface area contributed by atoms with E-state index in [1.807, 2.05) is 11.3 Å². The van der Waals surface area contributed by atoms with Gasteiger partial charge in [-0.2, -0.15) is 0 Å². The van der Waals surface area contributed by atoms with E-state index in [4.69, 9.17) is 0 Å². The SMILES string of the molecule is C/C=C\c1c(C)sc2ccc(-c3ccccc3)cc12. The van der Waals surface area contributed by atoms with Gasteiger partial charge in [0.2, 0.25) is 0 Å². The standard InChI is InChI=1S/C18H16S/c1-3-7-16-13(2)19-18-11-10-15(12-17(16)18)14-8-5-4-6-9-14/h3-12H,1-2H3/b7-3-. The molecular weight excluding hydrogens is 248 g/mol. The smallest absolute Gasteiger partial charge is 0.0352 e. The van der Waals surface area contributed by atoms with Crippen LogP contribution in [0.4, 0.5) is 0 Å². The fourth-order valence-electron chi connectivity index (χ4n) is 2.42. The number of thiophene rings is 1. The molecule has 0 spiro atoms. The van der Waals surface area contributed by atoms with Crippen LogP contribution in [0.3, 0.4) is 0 Å². The predicted molar refractivity (Wildman–Crippen MR) is 86.7 cm³/mol. The average Bonchev–Trinajstić information content (AvgIpc) is 2.76. The Kier molecular flexibility index (Phi) is 3.22. The Morgan fingerprint density at radius 3 is 2.47 bits per heavy atom. The normalized spacial score (nSPS) is 11.5. The molecule has 0 nitrogen and oxygen atoms in total. The van der Waals surface area contributed by atoms with E-state index in [1.54, 1.807) is 0 Å². The molecule has 0 aliphatic rings. The van der Waals surface area contributed by atoms with Crippen molar-refractivity contribution in [3.8, 4) is 11.1 Å². The highest BCUT2D eigenvalue weighted by molar-refractivity contribution is 7.19. The summed E-state index contributed by atoms with van der Waals surface area (Å²) in [5.74, 6) is 0. The molecule has 0 fully saturated rings. The zero-order chi connectivity index (χ0) is 13.2. The van der Waals surface area contributed by atoms with Crippen LogP contribution >= 0.6 is 11.3 Å². The minimum atomic E-state index is 1.28. The van der Waals surface area contributed by atoms with Crippen molar-refractivity contribution in [2.45, 2.75) is 13.8 Å². The Balaban J connectivity index is 2.22. The molecule has 1 heterocycles. The fourth-order valence-corrected chi connectivity index (χ4v) is 3.46. The molecule has 3 rings (SSSR count). The van der Waals surface area contributed by atoms with Gasteiger partial charge in [-0.3, -0.25) is 0 Å². The van der Waals surface area contributed by atoms with E-state index in [0.717, 1.165) is 0 Å². The molecule has 94 valence electrons. The number of allylic oxidation sites excluding steroid dienone is 1. The summed E-state index contributed by atoms with van der Waals surface area (Å²) >= 11 is 1.87. The van der Waals surface area contributed by atoms with Crippen LogP contribution in [0.15, 0.2) is 54.6 Å². The minimum absolute atomic E-state index is 1.28. The first kappa shape index (κ1) is 12.2. The van der Waals surface area contributed by atoms with Gasteiger partial charge in [-0.15, -0.1) is 11.3 Å². The highest BCUT2D eigenvalue weighted by Gasteiger charge is 2.07. The third-order valence-corrected chi connectivity index (χ3v) is 4.45. The lowest BCUT2D eigenvalue weighted by atomic mass is 10.0. The quantitative estimate of drug-likeness (QED) is 0.539. The van der Waals surface area contributed by atoms with Gasteiger partial charge in [0.15, 0.2) is 0 Å². The Bertz CT molecular complexity index is 733. The highest BCUT2D eigenvalue weighted by atomic mass is 32.1. The van der Waals surface area contributed by atoms with Gasteiger partial charge in [0.1, 0.15) is 0 Å². The molecule has 0 saturated heterocycles. The number of rotatable bonds is 2. The summed E-state index contributed by atoms with van der Waals surface area (Å²) in [6.45, 7) is 4.27. The zero-order valence-electron chi connectivity index (χ0n) is 11.2. The first-order valence-electron chi connectivity index (χ1n) is 6.51. The maximum atomic E-state index is 2.31. The number of benzene rings is 2. The van der Waals surface area contributed by atoms with E-state index >= 15 is 0 Å². The van der Waals surface area contributed by atoms with Crippen LogP contribution < -0.4 is 0 Å². The number of hydrogen-bond donors (Lipinski definition) is 0. The third-order valence-electron chi connectivity index (χ3n) is 3.35. The molecule has 0 unspecified atom stereocenters. The zero-order valence-corrected chi connectivity index (χ0v) is 12.0. The minimum Gasteiger partial charge on any atom is -0.140 e. The second-order valence-electron chi connectivity index (χ2n) is 4.65. The van der Waals surface area contributed by atoms with Gasteiger partial charge in [0.25, 0.3) is 0 Å². The van der Waals surface area contributed by atoms with Crippen molar-refractivity contribution in [3.05, 3.63) is 65.0 Å². The number of aryl methyl sites for hydroxylation is 1. The summed E-state index contributed by atoms with van der Waals surface area (Å²) in [6, 6.07) is 17.3. The fraction of sp³-hybridized carbons (Fsp3) is 0.111. The molecule has 0 aliphatic heterocycles. The maximum absolute atomic E-state index is 2.31. The number of hydrogen-bond acceptors (Lipinski definition) is 1. The third kappa shape index (κ3) is 2.22. The Labute approximate surface area is 118 Å². The van der Waals surface area contributed by atoms with Gasteiger partial charge in [-0.25, -0.2) is 0 Å². The van der Waals surface area contributed by atoms with Gasteiger partial charge in [-0.05, 0) is 42.7 Å². The summed E-state index contributed by atoms with van der Waals surface area (Å²) in [7, 11) is 0. The van der Waals surface area contributed by atoms with E-state index in [9.17, 15) is 0 Å². The van der Waals surface area contributed by atoms with Crippen LogP contribution in [0.25, 0.3) is 27.3 Å².